The summed E-state index contributed by atoms with van der Waals surface area (Å²) in [6, 6.07) is 11.0. The molecule has 0 N–H and O–H groups in total. The molecule has 0 aromatic heterocycles. The van der Waals surface area contributed by atoms with E-state index in [2.05, 4.69) is 51.1 Å². The molecule has 0 aliphatic heterocycles. The van der Waals surface area contributed by atoms with Crippen LogP contribution in [0.4, 0.5) is 0 Å². The van der Waals surface area contributed by atoms with Crippen LogP contribution in [0.5, 0.6) is 0 Å². The van der Waals surface area contributed by atoms with Gasteiger partial charge < -0.3 is 0 Å². The average molecular weight is 170 g/mol. The van der Waals surface area contributed by atoms with E-state index in [0.29, 0.717) is 0 Å². The first-order valence-electron chi connectivity index (χ1n) is 4.65. The van der Waals surface area contributed by atoms with Gasteiger partial charge >= 0.3 is 0 Å². The third-order valence-electron chi connectivity index (χ3n) is 2.68. The van der Waals surface area contributed by atoms with Gasteiger partial charge in [-0.2, -0.15) is 0 Å². The van der Waals surface area contributed by atoms with Crippen molar-refractivity contribution in [1.82, 2.24) is 0 Å². The molecule has 0 heteroatoms. The summed E-state index contributed by atoms with van der Waals surface area (Å²) in [7, 11) is 0. The predicted octanol–water partition coefficient (Wildman–Crippen LogP) is 3.72. The molecule has 0 aromatic carbocycles. The van der Waals surface area contributed by atoms with E-state index in [-0.39, 0.29) is 0 Å². The van der Waals surface area contributed by atoms with Crippen molar-refractivity contribution in [2.45, 2.75) is 20.8 Å². The Morgan fingerprint density at radius 2 is 1.69 bits per heavy atom. The Morgan fingerprint density at radius 3 is 2.46 bits per heavy atom. The first-order chi connectivity index (χ1) is 6.18. The zero-order chi connectivity index (χ0) is 9.42. The molecule has 13 heavy (non-hydrogen) atoms. The van der Waals surface area contributed by atoms with Crippen molar-refractivity contribution in [1.29, 1.82) is 0 Å². The summed E-state index contributed by atoms with van der Waals surface area (Å²) in [6.07, 6.45) is 0. The zero-order valence-corrected chi connectivity index (χ0v) is 8.39. The van der Waals surface area contributed by atoms with Gasteiger partial charge in [-0.1, -0.05) is 30.3 Å². The average Bonchev–Trinajstić information content (AvgIpc) is 2.40. The van der Waals surface area contributed by atoms with Gasteiger partial charge in [-0.25, -0.2) is 0 Å². The quantitative estimate of drug-likeness (QED) is 0.565. The fourth-order valence-corrected chi connectivity index (χ4v) is 1.77. The minimum absolute atomic E-state index is 1.35. The maximum absolute atomic E-state index is 2.26. The molecule has 0 saturated carbocycles. The number of rotatable bonds is 0. The summed E-state index contributed by atoms with van der Waals surface area (Å²) in [4.78, 5) is 0. The van der Waals surface area contributed by atoms with Crippen LogP contribution in [-0.4, -0.2) is 0 Å². The van der Waals surface area contributed by atoms with Crippen LogP contribution in [0.1, 0.15) is 16.7 Å². The van der Waals surface area contributed by atoms with Crippen LogP contribution in [0.25, 0.3) is 11.1 Å². The highest BCUT2D eigenvalue weighted by atomic mass is 14.1. The van der Waals surface area contributed by atoms with Gasteiger partial charge in [0.05, 0.1) is 0 Å². The molecule has 0 heterocycles. The van der Waals surface area contributed by atoms with E-state index in [4.69, 9.17) is 0 Å². The van der Waals surface area contributed by atoms with E-state index >= 15 is 0 Å². The van der Waals surface area contributed by atoms with Crippen LogP contribution in [-0.2, 0) is 0 Å². The largest absolute Gasteiger partial charge is 0.0614 e. The lowest BCUT2D eigenvalue weighted by Gasteiger charge is -1.98. The van der Waals surface area contributed by atoms with E-state index in [9.17, 15) is 0 Å². The van der Waals surface area contributed by atoms with Crippen LogP contribution < -0.4 is 0 Å². The SMILES string of the molecule is Cc1cc2cccc(C)c(C)c-2c1. The minimum Gasteiger partial charge on any atom is -0.0614 e. The molecule has 0 radical (unpaired) electrons. The van der Waals surface area contributed by atoms with E-state index in [1.165, 1.54) is 27.8 Å². The molecular weight excluding hydrogens is 156 g/mol. The predicted molar refractivity (Wildman–Crippen MR) is 57.3 cm³/mol. The lowest BCUT2D eigenvalue weighted by Crippen LogP contribution is -1.77. The van der Waals surface area contributed by atoms with Crippen LogP contribution in [0.2, 0.25) is 0 Å². The molecule has 0 fully saturated rings. The highest BCUT2D eigenvalue weighted by Gasteiger charge is 2.06. The van der Waals surface area contributed by atoms with Crippen molar-refractivity contribution in [3.63, 3.8) is 0 Å². The van der Waals surface area contributed by atoms with Gasteiger partial charge in [0, 0.05) is 0 Å². The fourth-order valence-electron chi connectivity index (χ4n) is 1.77. The van der Waals surface area contributed by atoms with Crippen molar-refractivity contribution in [3.8, 4) is 11.1 Å². The molecule has 0 nitrogen and oxygen atoms in total. The molecular formula is C13H14. The van der Waals surface area contributed by atoms with Crippen molar-refractivity contribution in [2.75, 3.05) is 0 Å². The van der Waals surface area contributed by atoms with E-state index in [1.54, 1.807) is 0 Å². The third kappa shape index (κ3) is 1.33. The lowest BCUT2D eigenvalue weighted by atomic mass is 10.1. The van der Waals surface area contributed by atoms with Gasteiger partial charge in [-0.3, -0.25) is 0 Å². The van der Waals surface area contributed by atoms with Gasteiger partial charge in [0.15, 0.2) is 0 Å². The maximum atomic E-state index is 2.26. The zero-order valence-electron chi connectivity index (χ0n) is 8.39. The summed E-state index contributed by atoms with van der Waals surface area (Å²) >= 11 is 0. The lowest BCUT2D eigenvalue weighted by molar-refractivity contribution is 1.37. The first kappa shape index (κ1) is 8.31. The Balaban J connectivity index is 2.82. The van der Waals surface area contributed by atoms with E-state index in [1.807, 2.05) is 0 Å². The summed E-state index contributed by atoms with van der Waals surface area (Å²) in [5, 5.41) is 0. The second-order valence-electron chi connectivity index (χ2n) is 3.74. The van der Waals surface area contributed by atoms with Gasteiger partial charge in [0.25, 0.3) is 0 Å². The Bertz CT molecular complexity index is 413. The van der Waals surface area contributed by atoms with Gasteiger partial charge in [-0.15, -0.1) is 0 Å². The van der Waals surface area contributed by atoms with Crippen molar-refractivity contribution < 1.29 is 0 Å². The smallest absolute Gasteiger partial charge is 0.0149 e. The maximum Gasteiger partial charge on any atom is -0.0149 e. The number of hydrogen-bond donors (Lipinski definition) is 0. The monoisotopic (exact) mass is 170 g/mol. The highest BCUT2D eigenvalue weighted by molar-refractivity contribution is 5.72. The molecule has 2 aliphatic rings. The third-order valence-corrected chi connectivity index (χ3v) is 2.68. The molecule has 0 saturated heterocycles. The van der Waals surface area contributed by atoms with Gasteiger partial charge in [-0.05, 0) is 48.6 Å². The number of fused-ring (bicyclic) bond motifs is 1. The summed E-state index contributed by atoms with van der Waals surface area (Å²) in [5.41, 5.74) is 6.85. The number of hydrogen-bond acceptors (Lipinski definition) is 0. The molecule has 0 atom stereocenters. The van der Waals surface area contributed by atoms with Crippen molar-refractivity contribution >= 4 is 0 Å². The van der Waals surface area contributed by atoms with Crippen LogP contribution in [0, 0.1) is 20.8 Å². The molecule has 0 amide bonds. The summed E-state index contributed by atoms with van der Waals surface area (Å²) in [5.74, 6) is 0. The highest BCUT2D eigenvalue weighted by Crippen LogP contribution is 2.29. The topological polar surface area (TPSA) is 0 Å². The van der Waals surface area contributed by atoms with Crippen LogP contribution in [0.3, 0.4) is 0 Å². The second-order valence-corrected chi connectivity index (χ2v) is 3.74. The molecule has 0 bridgehead atoms. The first-order valence-corrected chi connectivity index (χ1v) is 4.65. The van der Waals surface area contributed by atoms with E-state index < -0.39 is 0 Å². The van der Waals surface area contributed by atoms with Crippen molar-refractivity contribution in [3.05, 3.63) is 47.0 Å². The fraction of sp³-hybridized carbons (Fsp3) is 0.231. The van der Waals surface area contributed by atoms with Crippen molar-refractivity contribution in [2.24, 2.45) is 0 Å². The second kappa shape index (κ2) is 2.88. The summed E-state index contributed by atoms with van der Waals surface area (Å²) in [6.45, 7) is 6.50. The summed E-state index contributed by atoms with van der Waals surface area (Å²) < 4.78 is 0. The molecule has 0 spiro atoms. The van der Waals surface area contributed by atoms with Crippen LogP contribution in [0.15, 0.2) is 30.3 Å². The Labute approximate surface area is 79.6 Å². The van der Waals surface area contributed by atoms with Gasteiger partial charge in [0.1, 0.15) is 0 Å². The molecule has 2 rings (SSSR count). The Kier molecular flexibility index (Phi) is 1.84. The Hall–Kier alpha value is -1.30. The van der Waals surface area contributed by atoms with E-state index in [0.717, 1.165) is 0 Å². The number of aryl methyl sites for hydroxylation is 2. The molecule has 0 unspecified atom stereocenters. The minimum atomic E-state index is 1.35. The molecule has 66 valence electrons. The standard InChI is InChI=1S/C13H14/c1-9-7-12-6-4-5-10(2)11(3)13(12)8-9/h4-8H,1-3H3. The molecule has 2 aliphatic carbocycles. The normalized spacial score (nSPS) is 10.7. The Morgan fingerprint density at radius 1 is 0.923 bits per heavy atom. The van der Waals surface area contributed by atoms with Crippen LogP contribution >= 0.6 is 0 Å². The van der Waals surface area contributed by atoms with Gasteiger partial charge in [0.2, 0.25) is 0 Å². The molecule has 0 aromatic rings.